The van der Waals surface area contributed by atoms with Gasteiger partial charge in [-0.25, -0.2) is 4.52 Å². The fourth-order valence-corrected chi connectivity index (χ4v) is 3.11. The third-order valence-corrected chi connectivity index (χ3v) is 4.19. The van der Waals surface area contributed by atoms with E-state index in [2.05, 4.69) is 10.1 Å². The SMILES string of the molecule is CCSc1nn2c(C)c(Cl)c(=O)nc2s1. The van der Waals surface area contributed by atoms with Gasteiger partial charge in [0.25, 0.3) is 5.56 Å². The van der Waals surface area contributed by atoms with Crippen molar-refractivity contribution < 1.29 is 0 Å². The molecule has 0 bridgehead atoms. The molecule has 0 aliphatic carbocycles. The number of nitrogens with zero attached hydrogens (tertiary/aromatic N) is 3. The zero-order valence-electron chi connectivity index (χ0n) is 8.15. The molecule has 0 saturated heterocycles. The van der Waals surface area contributed by atoms with Gasteiger partial charge in [-0.2, -0.15) is 4.98 Å². The lowest BCUT2D eigenvalue weighted by Gasteiger charge is -1.97. The summed E-state index contributed by atoms with van der Waals surface area (Å²) >= 11 is 8.83. The van der Waals surface area contributed by atoms with Crippen LogP contribution in [0, 0.1) is 6.92 Å². The van der Waals surface area contributed by atoms with Gasteiger partial charge in [0.15, 0.2) is 4.34 Å². The molecular weight excluding hydrogens is 254 g/mol. The maximum Gasteiger partial charge on any atom is 0.293 e. The van der Waals surface area contributed by atoms with Gasteiger partial charge in [0.05, 0.1) is 5.69 Å². The molecule has 0 spiro atoms. The van der Waals surface area contributed by atoms with Crippen LogP contribution in [0.4, 0.5) is 0 Å². The van der Waals surface area contributed by atoms with Crippen LogP contribution in [0.15, 0.2) is 9.13 Å². The quantitative estimate of drug-likeness (QED) is 0.778. The molecule has 2 aromatic rings. The summed E-state index contributed by atoms with van der Waals surface area (Å²) in [6.45, 7) is 3.81. The van der Waals surface area contributed by atoms with E-state index in [0.29, 0.717) is 10.7 Å². The molecule has 0 atom stereocenters. The maximum atomic E-state index is 11.3. The van der Waals surface area contributed by atoms with Crippen LogP contribution in [0.2, 0.25) is 5.02 Å². The average molecular weight is 262 g/mol. The molecule has 0 aliphatic rings. The molecule has 0 aromatic carbocycles. The molecule has 7 heteroatoms. The first-order valence-electron chi connectivity index (χ1n) is 4.32. The second-order valence-corrected chi connectivity index (χ2v) is 5.66. The number of fused-ring (bicyclic) bond motifs is 1. The second-order valence-electron chi connectivity index (χ2n) is 2.81. The number of aromatic nitrogens is 3. The van der Waals surface area contributed by atoms with Crippen LogP contribution in [0.1, 0.15) is 12.6 Å². The van der Waals surface area contributed by atoms with Gasteiger partial charge in [-0.05, 0) is 12.7 Å². The minimum Gasteiger partial charge on any atom is -0.266 e. The van der Waals surface area contributed by atoms with Gasteiger partial charge in [0, 0.05) is 0 Å². The van der Waals surface area contributed by atoms with Crippen LogP contribution in [-0.4, -0.2) is 20.4 Å². The number of rotatable bonds is 2. The average Bonchev–Trinajstić information content (AvgIpc) is 2.58. The Morgan fingerprint density at radius 2 is 2.33 bits per heavy atom. The highest BCUT2D eigenvalue weighted by Crippen LogP contribution is 2.24. The van der Waals surface area contributed by atoms with Gasteiger partial charge in [0.1, 0.15) is 5.02 Å². The van der Waals surface area contributed by atoms with Crippen molar-refractivity contribution in [2.45, 2.75) is 18.2 Å². The van der Waals surface area contributed by atoms with E-state index in [0.717, 1.165) is 10.1 Å². The standard InChI is InChI=1S/C8H8ClN3OS2/c1-3-14-8-11-12-4(2)5(9)6(13)10-7(12)15-8/h3H2,1-2H3. The van der Waals surface area contributed by atoms with Crippen LogP contribution in [-0.2, 0) is 0 Å². The van der Waals surface area contributed by atoms with Gasteiger partial charge in [-0.15, -0.1) is 5.10 Å². The van der Waals surface area contributed by atoms with Gasteiger partial charge < -0.3 is 0 Å². The number of hydrogen-bond acceptors (Lipinski definition) is 5. The Morgan fingerprint density at radius 1 is 1.60 bits per heavy atom. The highest BCUT2D eigenvalue weighted by molar-refractivity contribution is 8.01. The van der Waals surface area contributed by atoms with Crippen LogP contribution < -0.4 is 5.56 Å². The molecule has 2 heterocycles. The summed E-state index contributed by atoms with van der Waals surface area (Å²) in [5.41, 5.74) is 0.261. The zero-order chi connectivity index (χ0) is 11.0. The molecule has 0 unspecified atom stereocenters. The third-order valence-electron chi connectivity index (χ3n) is 1.83. The van der Waals surface area contributed by atoms with Crippen LogP contribution in [0.3, 0.4) is 0 Å². The Labute approximate surface area is 99.3 Å². The van der Waals surface area contributed by atoms with Crippen molar-refractivity contribution in [3.8, 4) is 0 Å². The summed E-state index contributed by atoms with van der Waals surface area (Å²) in [7, 11) is 0. The Hall–Kier alpha value is -0.590. The molecular formula is C8H8ClN3OS2. The Balaban J connectivity index is 2.71. The van der Waals surface area contributed by atoms with Crippen molar-refractivity contribution in [2.75, 3.05) is 5.75 Å². The van der Waals surface area contributed by atoms with Gasteiger partial charge in [-0.3, -0.25) is 4.79 Å². The first-order valence-corrected chi connectivity index (χ1v) is 6.50. The van der Waals surface area contributed by atoms with Gasteiger partial charge in [0.2, 0.25) is 4.96 Å². The van der Waals surface area contributed by atoms with Gasteiger partial charge >= 0.3 is 0 Å². The smallest absolute Gasteiger partial charge is 0.266 e. The van der Waals surface area contributed by atoms with Crippen molar-refractivity contribution in [1.82, 2.24) is 14.6 Å². The first-order chi connectivity index (χ1) is 7.13. The summed E-state index contributed by atoms with van der Waals surface area (Å²) < 4.78 is 2.52. The molecule has 0 N–H and O–H groups in total. The normalized spacial score (nSPS) is 11.1. The van der Waals surface area contributed by atoms with E-state index >= 15 is 0 Å². The van der Waals surface area contributed by atoms with Crippen molar-refractivity contribution in [2.24, 2.45) is 0 Å². The van der Waals surface area contributed by atoms with E-state index in [1.807, 2.05) is 6.92 Å². The fourth-order valence-electron chi connectivity index (χ4n) is 1.12. The topological polar surface area (TPSA) is 47.3 Å². The predicted octanol–water partition coefficient (Wildman–Crippen LogP) is 2.22. The van der Waals surface area contributed by atoms with Crippen LogP contribution in [0.5, 0.6) is 0 Å². The van der Waals surface area contributed by atoms with E-state index < -0.39 is 0 Å². The molecule has 0 radical (unpaired) electrons. The van der Waals surface area contributed by atoms with E-state index in [1.165, 1.54) is 11.3 Å². The maximum absolute atomic E-state index is 11.3. The predicted molar refractivity (Wildman–Crippen MR) is 63.3 cm³/mol. The number of thioether (sulfide) groups is 1. The molecule has 0 aliphatic heterocycles. The molecule has 0 amide bonds. The van der Waals surface area contributed by atoms with Crippen molar-refractivity contribution in [1.29, 1.82) is 0 Å². The first kappa shape index (κ1) is 10.9. The Morgan fingerprint density at radius 3 is 3.00 bits per heavy atom. The number of hydrogen-bond donors (Lipinski definition) is 0. The lowest BCUT2D eigenvalue weighted by Crippen LogP contribution is -2.11. The van der Waals surface area contributed by atoms with Crippen LogP contribution in [0.25, 0.3) is 4.96 Å². The van der Waals surface area contributed by atoms with E-state index in [1.54, 1.807) is 23.2 Å². The molecule has 4 nitrogen and oxygen atoms in total. The summed E-state index contributed by atoms with van der Waals surface area (Å²) in [6, 6.07) is 0. The van der Waals surface area contributed by atoms with Crippen molar-refractivity contribution >= 4 is 39.7 Å². The Kier molecular flexibility index (Phi) is 2.99. The minimum atomic E-state index is -0.383. The molecule has 80 valence electrons. The molecule has 2 aromatic heterocycles. The lowest BCUT2D eigenvalue weighted by molar-refractivity contribution is 0.849. The zero-order valence-corrected chi connectivity index (χ0v) is 10.5. The number of aryl methyl sites for hydroxylation is 1. The summed E-state index contributed by atoms with van der Waals surface area (Å²) in [5.74, 6) is 0.942. The minimum absolute atomic E-state index is 0.144. The Bertz CT molecular complexity index is 563. The third kappa shape index (κ3) is 1.89. The lowest BCUT2D eigenvalue weighted by atomic mass is 10.4. The monoisotopic (exact) mass is 261 g/mol. The van der Waals surface area contributed by atoms with E-state index in [4.69, 9.17) is 11.6 Å². The molecule has 15 heavy (non-hydrogen) atoms. The second kappa shape index (κ2) is 4.11. The highest BCUT2D eigenvalue weighted by atomic mass is 35.5. The number of halogens is 1. The largest absolute Gasteiger partial charge is 0.293 e. The van der Waals surface area contributed by atoms with E-state index in [9.17, 15) is 4.79 Å². The molecule has 0 fully saturated rings. The highest BCUT2D eigenvalue weighted by Gasteiger charge is 2.11. The summed E-state index contributed by atoms with van der Waals surface area (Å²) in [5, 5.41) is 4.46. The summed E-state index contributed by atoms with van der Waals surface area (Å²) in [4.78, 5) is 15.8. The van der Waals surface area contributed by atoms with Crippen LogP contribution >= 0.6 is 34.7 Å². The molecule has 2 rings (SSSR count). The van der Waals surface area contributed by atoms with Crippen molar-refractivity contribution in [3.63, 3.8) is 0 Å². The van der Waals surface area contributed by atoms with Gasteiger partial charge in [-0.1, -0.05) is 41.6 Å². The van der Waals surface area contributed by atoms with Crippen molar-refractivity contribution in [3.05, 3.63) is 21.1 Å². The van der Waals surface area contributed by atoms with E-state index in [-0.39, 0.29) is 10.6 Å². The fraction of sp³-hybridized carbons (Fsp3) is 0.375. The molecule has 0 saturated carbocycles. The summed E-state index contributed by atoms with van der Waals surface area (Å²) in [6.07, 6.45) is 0.